The zero-order valence-electron chi connectivity index (χ0n) is 17.2. The highest BCUT2D eigenvalue weighted by Gasteiger charge is 2.26. The fraction of sp³-hybridized carbons (Fsp3) is 0.714. The Balaban J connectivity index is 1.47. The number of pyridine rings is 1. The number of nitrogens with zero attached hydrogens (tertiary/aromatic N) is 4. The highest BCUT2D eigenvalue weighted by Crippen LogP contribution is 2.29. The van der Waals surface area contributed by atoms with E-state index in [9.17, 15) is 0 Å². The van der Waals surface area contributed by atoms with Crippen molar-refractivity contribution in [1.29, 1.82) is 0 Å². The maximum Gasteiger partial charge on any atom is 0.213 e. The first kappa shape index (κ1) is 19.9. The molecule has 0 spiro atoms. The highest BCUT2D eigenvalue weighted by atomic mass is 16.5. The minimum absolute atomic E-state index is 0.729. The maximum absolute atomic E-state index is 5.79. The molecule has 27 heavy (non-hydrogen) atoms. The van der Waals surface area contributed by atoms with Gasteiger partial charge in [-0.25, -0.2) is 4.98 Å². The summed E-state index contributed by atoms with van der Waals surface area (Å²) in [5, 5.41) is 3.51. The Hall–Kier alpha value is -1.82. The van der Waals surface area contributed by atoms with Crippen LogP contribution in [0.25, 0.3) is 0 Å². The van der Waals surface area contributed by atoms with E-state index in [1.54, 1.807) is 0 Å². The summed E-state index contributed by atoms with van der Waals surface area (Å²) in [5.41, 5.74) is 1.18. The minimum Gasteiger partial charge on any atom is -0.477 e. The summed E-state index contributed by atoms with van der Waals surface area (Å²) in [6.45, 7) is 11.6. The number of aliphatic imine (C=N–C) groups is 1. The standard InChI is InChI=1S/C21H35N5O/c1-4-25(5-2)14-19-9-11-26(15-19)21(22-3)24-13-18-8-10-23-20(12-18)27-16-17-6-7-17/h8,10,12,17,19H,4-7,9,11,13-16H2,1-3H3,(H,22,24). The molecule has 2 fully saturated rings. The molecule has 2 aliphatic rings. The molecule has 1 aliphatic carbocycles. The summed E-state index contributed by atoms with van der Waals surface area (Å²) in [6.07, 6.45) is 5.66. The van der Waals surface area contributed by atoms with Crippen LogP contribution in [0.15, 0.2) is 23.3 Å². The summed E-state index contributed by atoms with van der Waals surface area (Å²) >= 11 is 0. The largest absolute Gasteiger partial charge is 0.477 e. The number of rotatable bonds is 9. The molecule has 0 amide bonds. The lowest BCUT2D eigenvalue weighted by Gasteiger charge is -2.24. The molecule has 1 aromatic rings. The lowest BCUT2D eigenvalue weighted by Crippen LogP contribution is -2.40. The van der Waals surface area contributed by atoms with Crippen molar-refractivity contribution in [1.82, 2.24) is 20.1 Å². The van der Waals surface area contributed by atoms with E-state index in [-0.39, 0.29) is 0 Å². The van der Waals surface area contributed by atoms with Gasteiger partial charge < -0.3 is 19.9 Å². The molecule has 1 aliphatic heterocycles. The number of hydrogen-bond acceptors (Lipinski definition) is 4. The number of aromatic nitrogens is 1. The Morgan fingerprint density at radius 3 is 2.81 bits per heavy atom. The molecular weight excluding hydrogens is 338 g/mol. The van der Waals surface area contributed by atoms with E-state index in [1.165, 1.54) is 31.4 Å². The number of guanidine groups is 1. The van der Waals surface area contributed by atoms with Crippen LogP contribution >= 0.6 is 0 Å². The average Bonchev–Trinajstić information content (AvgIpc) is 3.42. The Labute approximate surface area is 164 Å². The number of ether oxygens (including phenoxy) is 1. The molecule has 0 bridgehead atoms. The molecule has 1 saturated heterocycles. The Morgan fingerprint density at radius 2 is 2.11 bits per heavy atom. The van der Waals surface area contributed by atoms with Crippen molar-refractivity contribution in [2.24, 2.45) is 16.8 Å². The molecule has 0 radical (unpaired) electrons. The summed E-state index contributed by atoms with van der Waals surface area (Å²) in [7, 11) is 1.87. The summed E-state index contributed by atoms with van der Waals surface area (Å²) < 4.78 is 5.79. The summed E-state index contributed by atoms with van der Waals surface area (Å²) in [5.74, 6) is 3.20. The first-order valence-electron chi connectivity index (χ1n) is 10.5. The van der Waals surface area contributed by atoms with Crippen LogP contribution in [0.2, 0.25) is 0 Å². The van der Waals surface area contributed by atoms with Crippen molar-refractivity contribution >= 4 is 5.96 Å². The SMILES string of the molecule is CCN(CC)CC1CCN(C(=NC)NCc2ccnc(OCC3CC3)c2)C1. The molecule has 6 nitrogen and oxygen atoms in total. The zero-order valence-corrected chi connectivity index (χ0v) is 17.2. The normalized spacial score (nSPS) is 20.4. The van der Waals surface area contributed by atoms with E-state index in [0.717, 1.165) is 63.0 Å². The first-order chi connectivity index (χ1) is 13.2. The van der Waals surface area contributed by atoms with Gasteiger partial charge in [0.1, 0.15) is 0 Å². The summed E-state index contributed by atoms with van der Waals surface area (Å²) in [4.78, 5) is 13.7. The Bertz CT molecular complexity index is 612. The first-order valence-corrected chi connectivity index (χ1v) is 10.5. The van der Waals surface area contributed by atoms with E-state index >= 15 is 0 Å². The molecule has 2 heterocycles. The predicted molar refractivity (Wildman–Crippen MR) is 110 cm³/mol. The molecule has 1 N–H and O–H groups in total. The van der Waals surface area contributed by atoms with Gasteiger partial charge in [-0.3, -0.25) is 4.99 Å². The van der Waals surface area contributed by atoms with Crippen molar-refractivity contribution < 1.29 is 4.74 Å². The fourth-order valence-corrected chi connectivity index (χ4v) is 3.66. The van der Waals surface area contributed by atoms with Crippen LogP contribution in [0, 0.1) is 11.8 Å². The van der Waals surface area contributed by atoms with Gasteiger partial charge in [-0.2, -0.15) is 0 Å². The quantitative estimate of drug-likeness (QED) is 0.533. The topological polar surface area (TPSA) is 53.0 Å². The second kappa shape index (κ2) is 9.93. The Kier molecular flexibility index (Phi) is 7.33. The van der Waals surface area contributed by atoms with Crippen LogP contribution in [0.5, 0.6) is 5.88 Å². The molecule has 150 valence electrons. The van der Waals surface area contributed by atoms with Crippen LogP contribution < -0.4 is 10.1 Å². The molecule has 1 atom stereocenters. The molecule has 1 saturated carbocycles. The molecular formula is C21H35N5O. The second-order valence-electron chi connectivity index (χ2n) is 7.74. The van der Waals surface area contributed by atoms with E-state index in [0.29, 0.717) is 0 Å². The molecule has 6 heteroatoms. The van der Waals surface area contributed by atoms with Crippen molar-refractivity contribution in [3.63, 3.8) is 0 Å². The third-order valence-electron chi connectivity index (χ3n) is 5.62. The van der Waals surface area contributed by atoms with E-state index in [4.69, 9.17) is 4.74 Å². The molecule has 3 rings (SSSR count). The van der Waals surface area contributed by atoms with Crippen LogP contribution in [0.1, 0.15) is 38.7 Å². The smallest absolute Gasteiger partial charge is 0.213 e. The van der Waals surface area contributed by atoms with Crippen LogP contribution in [-0.4, -0.2) is 67.1 Å². The van der Waals surface area contributed by atoms with Gasteiger partial charge in [-0.05, 0) is 55.8 Å². The van der Waals surface area contributed by atoms with Crippen LogP contribution in [0.3, 0.4) is 0 Å². The van der Waals surface area contributed by atoms with Gasteiger partial charge in [0.05, 0.1) is 6.61 Å². The van der Waals surface area contributed by atoms with Gasteiger partial charge in [0.15, 0.2) is 5.96 Å². The fourth-order valence-electron chi connectivity index (χ4n) is 3.66. The van der Waals surface area contributed by atoms with Crippen molar-refractivity contribution in [3.8, 4) is 5.88 Å². The highest BCUT2D eigenvalue weighted by molar-refractivity contribution is 5.80. The van der Waals surface area contributed by atoms with Crippen LogP contribution in [-0.2, 0) is 6.54 Å². The van der Waals surface area contributed by atoms with E-state index in [1.807, 2.05) is 25.4 Å². The summed E-state index contributed by atoms with van der Waals surface area (Å²) in [6, 6.07) is 4.08. The third kappa shape index (κ3) is 6.09. The van der Waals surface area contributed by atoms with Gasteiger partial charge in [-0.1, -0.05) is 13.8 Å². The van der Waals surface area contributed by atoms with E-state index < -0.39 is 0 Å². The number of nitrogens with one attached hydrogen (secondary N) is 1. The third-order valence-corrected chi connectivity index (χ3v) is 5.62. The Morgan fingerprint density at radius 1 is 1.30 bits per heavy atom. The van der Waals surface area contributed by atoms with Crippen molar-refractivity contribution in [3.05, 3.63) is 23.9 Å². The van der Waals surface area contributed by atoms with Gasteiger partial charge in [0, 0.05) is 45.5 Å². The molecule has 1 aromatic heterocycles. The molecule has 1 unspecified atom stereocenters. The monoisotopic (exact) mass is 373 g/mol. The average molecular weight is 374 g/mol. The van der Waals surface area contributed by atoms with Crippen molar-refractivity contribution in [2.75, 3.05) is 46.4 Å². The lowest BCUT2D eigenvalue weighted by atomic mass is 10.1. The van der Waals surface area contributed by atoms with Gasteiger partial charge in [0.25, 0.3) is 0 Å². The van der Waals surface area contributed by atoms with Crippen LogP contribution in [0.4, 0.5) is 0 Å². The number of hydrogen-bond donors (Lipinski definition) is 1. The zero-order chi connectivity index (χ0) is 19.1. The minimum atomic E-state index is 0.729. The maximum atomic E-state index is 5.79. The second-order valence-corrected chi connectivity index (χ2v) is 7.74. The lowest BCUT2D eigenvalue weighted by molar-refractivity contribution is 0.255. The number of likely N-dealkylation sites (tertiary alicyclic amines) is 1. The molecule has 0 aromatic carbocycles. The van der Waals surface area contributed by atoms with Gasteiger partial charge >= 0.3 is 0 Å². The van der Waals surface area contributed by atoms with Gasteiger partial charge in [-0.15, -0.1) is 0 Å². The van der Waals surface area contributed by atoms with E-state index in [2.05, 4.69) is 38.9 Å². The predicted octanol–water partition coefficient (Wildman–Crippen LogP) is 2.61. The van der Waals surface area contributed by atoms with Gasteiger partial charge in [0.2, 0.25) is 5.88 Å². The van der Waals surface area contributed by atoms with Crippen molar-refractivity contribution in [2.45, 2.75) is 39.7 Å².